The van der Waals surface area contributed by atoms with Crippen LogP contribution in [0.5, 0.6) is 0 Å². The van der Waals surface area contributed by atoms with E-state index in [1.54, 1.807) is 7.11 Å². The molecular weight excluding hydrogens is 206 g/mol. The molecule has 3 heteroatoms. The Balaban J connectivity index is 2.01. The molecule has 1 rings (SSSR count). The number of hydrogen-bond acceptors (Lipinski definition) is 3. The van der Waals surface area contributed by atoms with Gasteiger partial charge in [-0.15, -0.1) is 11.3 Å². The van der Waals surface area contributed by atoms with Crippen molar-refractivity contribution in [3.63, 3.8) is 0 Å². The van der Waals surface area contributed by atoms with E-state index in [4.69, 9.17) is 4.74 Å². The quantitative estimate of drug-likeness (QED) is 0.689. The first-order valence-electron chi connectivity index (χ1n) is 5.55. The van der Waals surface area contributed by atoms with Crippen LogP contribution in [0.1, 0.15) is 18.2 Å². The van der Waals surface area contributed by atoms with Gasteiger partial charge in [-0.05, 0) is 36.8 Å². The molecule has 1 heterocycles. The summed E-state index contributed by atoms with van der Waals surface area (Å²) in [5, 5.41) is 5.54. The number of ether oxygens (including phenoxy) is 1. The van der Waals surface area contributed by atoms with Gasteiger partial charge in [0.2, 0.25) is 0 Å². The number of rotatable bonds is 8. The predicted octanol–water partition coefficient (Wildman–Crippen LogP) is 2.55. The first-order chi connectivity index (χ1) is 7.33. The summed E-state index contributed by atoms with van der Waals surface area (Å²) in [4.78, 5) is 1.50. The minimum Gasteiger partial charge on any atom is -0.383 e. The van der Waals surface area contributed by atoms with Gasteiger partial charge in [0.05, 0.1) is 6.61 Å². The maximum Gasteiger partial charge on any atom is 0.0587 e. The normalized spacial score (nSPS) is 12.9. The molecule has 0 amide bonds. The van der Waals surface area contributed by atoms with Crippen molar-refractivity contribution in [1.29, 1.82) is 0 Å². The Kier molecular flexibility index (Phi) is 6.64. The van der Waals surface area contributed by atoms with Gasteiger partial charge in [-0.1, -0.05) is 13.0 Å². The molecule has 0 aliphatic rings. The average molecular weight is 227 g/mol. The molecule has 1 unspecified atom stereocenters. The van der Waals surface area contributed by atoms with Crippen molar-refractivity contribution >= 4 is 11.3 Å². The third kappa shape index (κ3) is 5.92. The predicted molar refractivity (Wildman–Crippen MR) is 66.5 cm³/mol. The molecule has 15 heavy (non-hydrogen) atoms. The van der Waals surface area contributed by atoms with Gasteiger partial charge in [0, 0.05) is 18.5 Å². The van der Waals surface area contributed by atoms with Crippen molar-refractivity contribution in [1.82, 2.24) is 5.32 Å². The number of nitrogens with one attached hydrogen (secondary N) is 1. The van der Waals surface area contributed by atoms with Crippen molar-refractivity contribution < 1.29 is 4.74 Å². The van der Waals surface area contributed by atoms with Crippen LogP contribution in [0.4, 0.5) is 0 Å². The van der Waals surface area contributed by atoms with E-state index in [1.165, 1.54) is 17.7 Å². The Morgan fingerprint density at radius 3 is 3.07 bits per heavy atom. The first-order valence-corrected chi connectivity index (χ1v) is 6.43. The lowest BCUT2D eigenvalue weighted by atomic mass is 10.1. The highest BCUT2D eigenvalue weighted by Gasteiger charge is 2.02. The number of methoxy groups -OCH3 is 1. The van der Waals surface area contributed by atoms with Crippen LogP contribution in [0, 0.1) is 5.92 Å². The molecule has 0 saturated carbocycles. The van der Waals surface area contributed by atoms with Crippen molar-refractivity contribution in [3.05, 3.63) is 22.4 Å². The topological polar surface area (TPSA) is 21.3 Å². The van der Waals surface area contributed by atoms with Crippen LogP contribution in [-0.4, -0.2) is 26.8 Å². The Hall–Kier alpha value is -0.380. The van der Waals surface area contributed by atoms with Crippen molar-refractivity contribution in [2.75, 3.05) is 26.8 Å². The third-order valence-electron chi connectivity index (χ3n) is 2.44. The SMILES string of the molecule is COCCNCC(C)CCc1cccs1. The second-order valence-corrected chi connectivity index (χ2v) is 4.95. The molecule has 86 valence electrons. The third-order valence-corrected chi connectivity index (χ3v) is 3.38. The number of aryl methyl sites for hydroxylation is 1. The zero-order valence-electron chi connectivity index (χ0n) is 9.66. The van der Waals surface area contributed by atoms with Gasteiger partial charge in [0.15, 0.2) is 0 Å². The zero-order valence-corrected chi connectivity index (χ0v) is 10.5. The van der Waals surface area contributed by atoms with E-state index >= 15 is 0 Å². The summed E-state index contributed by atoms with van der Waals surface area (Å²) in [5.74, 6) is 0.740. The summed E-state index contributed by atoms with van der Waals surface area (Å²) in [6.07, 6.45) is 2.48. The molecule has 0 saturated heterocycles. The number of thiophene rings is 1. The van der Waals surface area contributed by atoms with Crippen molar-refractivity contribution in [2.24, 2.45) is 5.92 Å². The molecule has 0 aromatic carbocycles. The lowest BCUT2D eigenvalue weighted by Gasteiger charge is -2.11. The van der Waals surface area contributed by atoms with Gasteiger partial charge >= 0.3 is 0 Å². The molecule has 0 aliphatic carbocycles. The monoisotopic (exact) mass is 227 g/mol. The number of hydrogen-bond donors (Lipinski definition) is 1. The van der Waals surface area contributed by atoms with Crippen LogP contribution in [0.25, 0.3) is 0 Å². The van der Waals surface area contributed by atoms with Crippen LogP contribution in [0.2, 0.25) is 0 Å². The standard InChI is InChI=1S/C12H21NOS/c1-11(10-13-7-8-14-2)5-6-12-4-3-9-15-12/h3-4,9,11,13H,5-8,10H2,1-2H3. The van der Waals surface area contributed by atoms with E-state index < -0.39 is 0 Å². The highest BCUT2D eigenvalue weighted by molar-refractivity contribution is 7.09. The lowest BCUT2D eigenvalue weighted by molar-refractivity contribution is 0.198. The minimum absolute atomic E-state index is 0.740. The first kappa shape index (κ1) is 12.7. The second-order valence-electron chi connectivity index (χ2n) is 3.92. The Labute approximate surface area is 96.7 Å². The molecule has 1 N–H and O–H groups in total. The highest BCUT2D eigenvalue weighted by Crippen LogP contribution is 2.13. The van der Waals surface area contributed by atoms with Gasteiger partial charge in [-0.3, -0.25) is 0 Å². The van der Waals surface area contributed by atoms with Crippen LogP contribution in [-0.2, 0) is 11.2 Å². The van der Waals surface area contributed by atoms with Gasteiger partial charge < -0.3 is 10.1 Å². The van der Waals surface area contributed by atoms with Gasteiger partial charge in [0.25, 0.3) is 0 Å². The minimum atomic E-state index is 0.740. The molecule has 0 aliphatic heterocycles. The summed E-state index contributed by atoms with van der Waals surface area (Å²) < 4.78 is 4.98. The van der Waals surface area contributed by atoms with Crippen molar-refractivity contribution in [2.45, 2.75) is 19.8 Å². The molecule has 1 aromatic rings. The van der Waals surface area contributed by atoms with E-state index in [9.17, 15) is 0 Å². The second kappa shape index (κ2) is 7.85. The molecule has 0 fully saturated rings. The van der Waals surface area contributed by atoms with Gasteiger partial charge in [-0.25, -0.2) is 0 Å². The van der Waals surface area contributed by atoms with Crippen molar-refractivity contribution in [3.8, 4) is 0 Å². The van der Waals surface area contributed by atoms with Gasteiger partial charge in [0.1, 0.15) is 0 Å². The summed E-state index contributed by atoms with van der Waals surface area (Å²) in [6.45, 7) is 5.15. The molecule has 2 nitrogen and oxygen atoms in total. The van der Waals surface area contributed by atoms with Crippen LogP contribution >= 0.6 is 11.3 Å². The Bertz CT molecular complexity index is 236. The zero-order chi connectivity index (χ0) is 10.9. The molecule has 1 atom stereocenters. The Morgan fingerprint density at radius 2 is 2.40 bits per heavy atom. The fourth-order valence-corrected chi connectivity index (χ4v) is 2.19. The average Bonchev–Trinajstić information content (AvgIpc) is 2.74. The lowest BCUT2D eigenvalue weighted by Crippen LogP contribution is -2.25. The summed E-state index contributed by atoms with van der Waals surface area (Å²) in [6, 6.07) is 4.34. The van der Waals surface area contributed by atoms with E-state index in [2.05, 4.69) is 29.8 Å². The van der Waals surface area contributed by atoms with Crippen LogP contribution < -0.4 is 5.32 Å². The largest absolute Gasteiger partial charge is 0.383 e. The molecule has 0 spiro atoms. The van der Waals surface area contributed by atoms with Crippen LogP contribution in [0.15, 0.2) is 17.5 Å². The Morgan fingerprint density at radius 1 is 1.53 bits per heavy atom. The van der Waals surface area contributed by atoms with E-state index in [-0.39, 0.29) is 0 Å². The van der Waals surface area contributed by atoms with E-state index in [0.29, 0.717) is 0 Å². The fourth-order valence-electron chi connectivity index (χ4n) is 1.47. The van der Waals surface area contributed by atoms with Gasteiger partial charge in [-0.2, -0.15) is 0 Å². The molecule has 1 aromatic heterocycles. The smallest absolute Gasteiger partial charge is 0.0587 e. The fraction of sp³-hybridized carbons (Fsp3) is 0.667. The molecule has 0 bridgehead atoms. The summed E-state index contributed by atoms with van der Waals surface area (Å²) in [5.41, 5.74) is 0. The van der Waals surface area contributed by atoms with Crippen LogP contribution in [0.3, 0.4) is 0 Å². The maximum absolute atomic E-state index is 4.98. The summed E-state index contributed by atoms with van der Waals surface area (Å²) in [7, 11) is 1.74. The maximum atomic E-state index is 4.98. The van der Waals surface area contributed by atoms with E-state index in [0.717, 1.165) is 25.6 Å². The molecular formula is C12H21NOS. The van der Waals surface area contributed by atoms with E-state index in [1.807, 2.05) is 11.3 Å². The summed E-state index contributed by atoms with van der Waals surface area (Å²) >= 11 is 1.86. The highest BCUT2D eigenvalue weighted by atomic mass is 32.1. The molecule has 0 radical (unpaired) electrons.